The molecule has 0 saturated carbocycles. The van der Waals surface area contributed by atoms with Gasteiger partial charge in [0.05, 0.1) is 11.9 Å². The molecular weight excluding hydrogens is 224 g/mol. The smallest absolute Gasteiger partial charge is 0.325 e. The van der Waals surface area contributed by atoms with Crippen LogP contribution in [0.3, 0.4) is 0 Å². The first-order chi connectivity index (χ1) is 7.90. The van der Waals surface area contributed by atoms with Gasteiger partial charge in [0.25, 0.3) is 0 Å². The summed E-state index contributed by atoms with van der Waals surface area (Å²) in [6.07, 6.45) is 3.18. The number of carboxylic acids is 1. The number of aromatic nitrogens is 2. The van der Waals surface area contributed by atoms with Crippen LogP contribution in [0.4, 0.5) is 10.5 Å². The van der Waals surface area contributed by atoms with Crippen LogP contribution in [0.2, 0.25) is 0 Å². The highest BCUT2D eigenvalue weighted by molar-refractivity contribution is 5.91. The molecular formula is C10H16N4O3. The molecule has 0 saturated heterocycles. The fourth-order valence-electron chi connectivity index (χ4n) is 1.11. The van der Waals surface area contributed by atoms with Crippen molar-refractivity contribution in [2.75, 3.05) is 5.32 Å². The zero-order chi connectivity index (χ0) is 13.0. The van der Waals surface area contributed by atoms with Gasteiger partial charge in [-0.2, -0.15) is 5.10 Å². The van der Waals surface area contributed by atoms with Crippen LogP contribution in [0.25, 0.3) is 0 Å². The first-order valence-corrected chi connectivity index (χ1v) is 5.24. The number of urea groups is 1. The molecule has 0 spiro atoms. The van der Waals surface area contributed by atoms with Crippen molar-refractivity contribution in [2.45, 2.75) is 32.9 Å². The normalized spacial score (nSPS) is 12.2. The van der Waals surface area contributed by atoms with E-state index in [2.05, 4.69) is 15.7 Å². The number of rotatable bonds is 4. The second-order valence-electron chi connectivity index (χ2n) is 3.96. The minimum atomic E-state index is -1.09. The Labute approximate surface area is 98.8 Å². The Balaban J connectivity index is 2.53. The summed E-state index contributed by atoms with van der Waals surface area (Å²) in [5, 5.41) is 17.4. The Morgan fingerprint density at radius 1 is 1.41 bits per heavy atom. The van der Waals surface area contributed by atoms with Crippen LogP contribution in [0.1, 0.15) is 26.8 Å². The van der Waals surface area contributed by atoms with Crippen molar-refractivity contribution >= 4 is 17.7 Å². The third kappa shape index (κ3) is 3.78. The van der Waals surface area contributed by atoms with Gasteiger partial charge in [-0.05, 0) is 20.8 Å². The van der Waals surface area contributed by atoms with Gasteiger partial charge in [-0.3, -0.25) is 9.48 Å². The van der Waals surface area contributed by atoms with Gasteiger partial charge in [0.1, 0.15) is 6.04 Å². The van der Waals surface area contributed by atoms with Gasteiger partial charge in [-0.25, -0.2) is 4.79 Å². The molecule has 2 amide bonds. The largest absolute Gasteiger partial charge is 0.480 e. The van der Waals surface area contributed by atoms with Crippen molar-refractivity contribution in [2.24, 2.45) is 0 Å². The topological polar surface area (TPSA) is 96.3 Å². The molecule has 7 nitrogen and oxygen atoms in total. The molecule has 3 N–H and O–H groups in total. The van der Waals surface area contributed by atoms with Crippen LogP contribution in [0, 0.1) is 0 Å². The van der Waals surface area contributed by atoms with E-state index in [1.165, 1.54) is 13.1 Å². The van der Waals surface area contributed by atoms with Crippen LogP contribution in [0.15, 0.2) is 12.4 Å². The number of carboxylic acid groups (broad SMARTS) is 1. The van der Waals surface area contributed by atoms with Gasteiger partial charge in [-0.1, -0.05) is 0 Å². The number of hydrogen-bond acceptors (Lipinski definition) is 3. The van der Waals surface area contributed by atoms with Crippen molar-refractivity contribution in [3.63, 3.8) is 0 Å². The summed E-state index contributed by atoms with van der Waals surface area (Å²) in [4.78, 5) is 21.9. The molecule has 0 aliphatic heterocycles. The van der Waals surface area contributed by atoms with Crippen molar-refractivity contribution < 1.29 is 14.7 Å². The SMILES string of the molecule is CC(NC(=O)Nc1cnn(C(C)C)c1)C(=O)O. The van der Waals surface area contributed by atoms with Crippen molar-refractivity contribution in [1.29, 1.82) is 0 Å². The lowest BCUT2D eigenvalue weighted by molar-refractivity contribution is -0.138. The predicted octanol–water partition coefficient (Wildman–Crippen LogP) is 1.06. The summed E-state index contributed by atoms with van der Waals surface area (Å²) in [5.41, 5.74) is 0.522. The van der Waals surface area contributed by atoms with Crippen molar-refractivity contribution in [3.05, 3.63) is 12.4 Å². The number of carbonyl (C=O) groups excluding carboxylic acids is 1. The molecule has 1 aromatic rings. The molecule has 1 rings (SSSR count). The number of nitrogens with zero attached hydrogens (tertiary/aromatic N) is 2. The molecule has 0 aliphatic rings. The van der Waals surface area contributed by atoms with Crippen LogP contribution in [-0.4, -0.2) is 32.9 Å². The maximum Gasteiger partial charge on any atom is 0.325 e. The summed E-state index contributed by atoms with van der Waals surface area (Å²) < 4.78 is 1.69. The number of hydrogen-bond donors (Lipinski definition) is 3. The lowest BCUT2D eigenvalue weighted by Crippen LogP contribution is -2.40. The third-order valence-electron chi connectivity index (χ3n) is 2.11. The highest BCUT2D eigenvalue weighted by Gasteiger charge is 2.14. The standard InChI is InChI=1S/C10H16N4O3/c1-6(2)14-5-8(4-11-14)13-10(17)12-7(3)9(15)16/h4-7H,1-3H3,(H,15,16)(H2,12,13,17). The Morgan fingerprint density at radius 2 is 2.06 bits per heavy atom. The van der Waals surface area contributed by atoms with E-state index in [0.29, 0.717) is 5.69 Å². The zero-order valence-corrected chi connectivity index (χ0v) is 9.97. The van der Waals surface area contributed by atoms with Crippen molar-refractivity contribution in [3.8, 4) is 0 Å². The Morgan fingerprint density at radius 3 is 2.53 bits per heavy atom. The molecule has 1 atom stereocenters. The monoisotopic (exact) mass is 240 g/mol. The number of aliphatic carboxylic acids is 1. The maximum atomic E-state index is 11.4. The van der Waals surface area contributed by atoms with E-state index >= 15 is 0 Å². The second kappa shape index (κ2) is 5.33. The maximum absolute atomic E-state index is 11.4. The molecule has 1 unspecified atom stereocenters. The highest BCUT2D eigenvalue weighted by atomic mass is 16.4. The molecule has 0 aromatic carbocycles. The van der Waals surface area contributed by atoms with Crippen LogP contribution < -0.4 is 10.6 Å². The summed E-state index contributed by atoms with van der Waals surface area (Å²) >= 11 is 0. The molecule has 0 fully saturated rings. The molecule has 0 aliphatic carbocycles. The van der Waals surface area contributed by atoms with Crippen LogP contribution in [0.5, 0.6) is 0 Å². The molecule has 94 valence electrons. The zero-order valence-electron chi connectivity index (χ0n) is 9.97. The predicted molar refractivity (Wildman–Crippen MR) is 61.9 cm³/mol. The molecule has 1 aromatic heterocycles. The molecule has 0 bridgehead atoms. The number of carbonyl (C=O) groups is 2. The van der Waals surface area contributed by atoms with Crippen LogP contribution in [-0.2, 0) is 4.79 Å². The van der Waals surface area contributed by atoms with Gasteiger partial charge in [-0.15, -0.1) is 0 Å². The minimum Gasteiger partial charge on any atom is -0.480 e. The third-order valence-corrected chi connectivity index (χ3v) is 2.11. The Bertz CT molecular complexity index is 413. The van der Waals surface area contributed by atoms with E-state index in [-0.39, 0.29) is 6.04 Å². The van der Waals surface area contributed by atoms with E-state index in [4.69, 9.17) is 5.11 Å². The lowest BCUT2D eigenvalue weighted by atomic mass is 10.3. The number of amides is 2. The van der Waals surface area contributed by atoms with E-state index in [0.717, 1.165) is 0 Å². The van der Waals surface area contributed by atoms with E-state index in [1.807, 2.05) is 13.8 Å². The van der Waals surface area contributed by atoms with Gasteiger partial charge in [0.2, 0.25) is 0 Å². The Hall–Kier alpha value is -2.05. The molecule has 17 heavy (non-hydrogen) atoms. The minimum absolute atomic E-state index is 0.201. The number of nitrogens with one attached hydrogen (secondary N) is 2. The van der Waals surface area contributed by atoms with Crippen molar-refractivity contribution in [1.82, 2.24) is 15.1 Å². The summed E-state index contributed by atoms with van der Waals surface area (Å²) in [5.74, 6) is -1.09. The van der Waals surface area contributed by atoms with E-state index in [9.17, 15) is 9.59 Å². The van der Waals surface area contributed by atoms with Crippen LogP contribution >= 0.6 is 0 Å². The molecule has 1 heterocycles. The summed E-state index contributed by atoms with van der Waals surface area (Å²) in [7, 11) is 0. The average molecular weight is 240 g/mol. The Kier molecular flexibility index (Phi) is 4.08. The van der Waals surface area contributed by atoms with Gasteiger partial charge < -0.3 is 15.7 Å². The summed E-state index contributed by atoms with van der Waals surface area (Å²) in [6, 6.07) is -1.30. The first kappa shape index (κ1) is 13.0. The number of anilines is 1. The van der Waals surface area contributed by atoms with Gasteiger partial charge in [0.15, 0.2) is 0 Å². The fourth-order valence-corrected chi connectivity index (χ4v) is 1.11. The second-order valence-corrected chi connectivity index (χ2v) is 3.96. The van der Waals surface area contributed by atoms with Gasteiger partial charge >= 0.3 is 12.0 Å². The molecule has 7 heteroatoms. The van der Waals surface area contributed by atoms with E-state index in [1.54, 1.807) is 10.9 Å². The summed E-state index contributed by atoms with van der Waals surface area (Å²) in [6.45, 7) is 5.31. The quantitative estimate of drug-likeness (QED) is 0.733. The lowest BCUT2D eigenvalue weighted by Gasteiger charge is -2.09. The average Bonchev–Trinajstić information content (AvgIpc) is 2.65. The fraction of sp³-hybridized carbons (Fsp3) is 0.500. The van der Waals surface area contributed by atoms with E-state index < -0.39 is 18.0 Å². The highest BCUT2D eigenvalue weighted by Crippen LogP contribution is 2.09. The van der Waals surface area contributed by atoms with Gasteiger partial charge in [0, 0.05) is 12.2 Å². The first-order valence-electron chi connectivity index (χ1n) is 5.24. The molecule has 0 radical (unpaired) electrons.